The van der Waals surface area contributed by atoms with Crippen LogP contribution in [-0.2, 0) is 0 Å². The third-order valence-corrected chi connectivity index (χ3v) is 6.83. The molecule has 0 saturated carbocycles. The Morgan fingerprint density at radius 3 is 2.43 bits per heavy atom. The molecule has 0 aliphatic carbocycles. The van der Waals surface area contributed by atoms with Gasteiger partial charge in [-0.3, -0.25) is 0 Å². The molecule has 0 atom stereocenters. The Morgan fingerprint density at radius 1 is 0.739 bits per heavy atom. The highest BCUT2D eigenvalue weighted by atomic mass is 127. The third kappa shape index (κ3) is 2.13. The van der Waals surface area contributed by atoms with Crippen LogP contribution in [0.2, 0.25) is 0 Å². The van der Waals surface area contributed by atoms with E-state index in [0.717, 1.165) is 4.47 Å². The average molecular weight is 489 g/mol. The Bertz CT molecular complexity index is 1240. The lowest BCUT2D eigenvalue weighted by Gasteiger charge is -2.04. The molecule has 110 valence electrons. The Labute approximate surface area is 159 Å². The van der Waals surface area contributed by atoms with E-state index >= 15 is 0 Å². The zero-order valence-electron chi connectivity index (χ0n) is 11.9. The van der Waals surface area contributed by atoms with Crippen LogP contribution in [0.4, 0.5) is 0 Å². The van der Waals surface area contributed by atoms with Gasteiger partial charge in [0, 0.05) is 28.2 Å². The van der Waals surface area contributed by atoms with Gasteiger partial charge in [-0.05, 0) is 74.5 Å². The normalized spacial score (nSPS) is 11.9. The van der Waals surface area contributed by atoms with Crippen molar-refractivity contribution in [2.45, 2.75) is 0 Å². The molecule has 23 heavy (non-hydrogen) atoms. The van der Waals surface area contributed by atoms with Crippen molar-refractivity contribution >= 4 is 91.6 Å². The first-order valence-electron chi connectivity index (χ1n) is 7.33. The SMILES string of the molecule is Brc1ccc2cc3sc4cc(I)c5ccccc5c4c3cc2c1. The zero-order chi connectivity index (χ0) is 15.6. The summed E-state index contributed by atoms with van der Waals surface area (Å²) in [6, 6.07) is 22.2. The van der Waals surface area contributed by atoms with Crippen molar-refractivity contribution in [3.63, 3.8) is 0 Å². The highest BCUT2D eigenvalue weighted by molar-refractivity contribution is 14.1. The molecular weight excluding hydrogens is 479 g/mol. The molecule has 3 heteroatoms. The largest absolute Gasteiger partial charge is 0.135 e. The van der Waals surface area contributed by atoms with E-state index in [1.54, 1.807) is 0 Å². The molecule has 0 nitrogen and oxygen atoms in total. The first-order valence-corrected chi connectivity index (χ1v) is 10.0. The molecule has 5 rings (SSSR count). The maximum Gasteiger partial charge on any atom is 0.0372 e. The smallest absolute Gasteiger partial charge is 0.0372 e. The molecule has 0 aliphatic heterocycles. The molecule has 1 heterocycles. The Balaban J connectivity index is 2.06. The molecule has 4 aromatic carbocycles. The highest BCUT2D eigenvalue weighted by Crippen LogP contribution is 2.41. The topological polar surface area (TPSA) is 0 Å². The number of hydrogen-bond donors (Lipinski definition) is 0. The average Bonchev–Trinajstić information content (AvgIpc) is 2.90. The van der Waals surface area contributed by atoms with Gasteiger partial charge in [0.25, 0.3) is 0 Å². The molecular formula is C20H10BrIS. The Morgan fingerprint density at radius 2 is 1.57 bits per heavy atom. The highest BCUT2D eigenvalue weighted by Gasteiger charge is 2.12. The van der Waals surface area contributed by atoms with Gasteiger partial charge in [-0.1, -0.05) is 46.3 Å². The molecule has 0 amide bonds. The van der Waals surface area contributed by atoms with E-state index in [-0.39, 0.29) is 0 Å². The summed E-state index contributed by atoms with van der Waals surface area (Å²) in [7, 11) is 0. The summed E-state index contributed by atoms with van der Waals surface area (Å²) < 4.78 is 5.19. The molecule has 0 saturated heterocycles. The van der Waals surface area contributed by atoms with Crippen molar-refractivity contribution in [2.75, 3.05) is 0 Å². The minimum Gasteiger partial charge on any atom is -0.135 e. The minimum absolute atomic E-state index is 1.13. The van der Waals surface area contributed by atoms with Gasteiger partial charge in [-0.2, -0.15) is 0 Å². The number of benzene rings is 4. The Hall–Kier alpha value is -1.17. The van der Waals surface area contributed by atoms with Crippen LogP contribution in [0.3, 0.4) is 0 Å². The van der Waals surface area contributed by atoms with Gasteiger partial charge in [0.1, 0.15) is 0 Å². The maximum absolute atomic E-state index is 3.59. The van der Waals surface area contributed by atoms with Gasteiger partial charge in [-0.25, -0.2) is 0 Å². The Kier molecular flexibility index (Phi) is 3.19. The monoisotopic (exact) mass is 488 g/mol. The first-order chi connectivity index (χ1) is 11.2. The molecule has 0 N–H and O–H groups in total. The van der Waals surface area contributed by atoms with Crippen molar-refractivity contribution in [3.05, 3.63) is 68.7 Å². The fourth-order valence-corrected chi connectivity index (χ4v) is 5.88. The van der Waals surface area contributed by atoms with Crippen LogP contribution >= 0.6 is 49.9 Å². The van der Waals surface area contributed by atoms with E-state index in [0.29, 0.717) is 0 Å². The third-order valence-electron chi connectivity index (χ3n) is 4.35. The van der Waals surface area contributed by atoms with Gasteiger partial charge >= 0.3 is 0 Å². The number of fused-ring (bicyclic) bond motifs is 6. The van der Waals surface area contributed by atoms with Gasteiger partial charge in [0.05, 0.1) is 0 Å². The van der Waals surface area contributed by atoms with Crippen LogP contribution in [0.5, 0.6) is 0 Å². The maximum atomic E-state index is 3.59. The lowest BCUT2D eigenvalue weighted by molar-refractivity contribution is 1.74. The summed E-state index contributed by atoms with van der Waals surface area (Å²) in [4.78, 5) is 0. The number of hydrogen-bond acceptors (Lipinski definition) is 1. The second kappa shape index (κ2) is 5.16. The van der Waals surface area contributed by atoms with Crippen molar-refractivity contribution in [1.82, 2.24) is 0 Å². The van der Waals surface area contributed by atoms with E-state index in [1.165, 1.54) is 45.3 Å². The molecule has 1 aromatic heterocycles. The second-order valence-electron chi connectivity index (χ2n) is 5.72. The number of rotatable bonds is 0. The van der Waals surface area contributed by atoms with Crippen LogP contribution < -0.4 is 0 Å². The molecule has 0 aliphatic rings. The van der Waals surface area contributed by atoms with Crippen LogP contribution in [-0.4, -0.2) is 0 Å². The summed E-state index contributed by atoms with van der Waals surface area (Å²) in [6.45, 7) is 0. The van der Waals surface area contributed by atoms with E-state index in [2.05, 4.69) is 99.2 Å². The first kappa shape index (κ1) is 14.2. The van der Waals surface area contributed by atoms with Gasteiger partial charge in [-0.15, -0.1) is 11.3 Å². The molecule has 0 bridgehead atoms. The molecule has 0 radical (unpaired) electrons. The van der Waals surface area contributed by atoms with Crippen LogP contribution in [0.1, 0.15) is 0 Å². The lowest BCUT2D eigenvalue weighted by Crippen LogP contribution is -1.79. The fraction of sp³-hybridized carbons (Fsp3) is 0. The predicted molar refractivity (Wildman–Crippen MR) is 115 cm³/mol. The molecule has 0 unspecified atom stereocenters. The quantitative estimate of drug-likeness (QED) is 0.196. The summed E-state index contributed by atoms with van der Waals surface area (Å²) >= 11 is 7.93. The molecule has 0 fully saturated rings. The molecule has 5 aromatic rings. The standard InChI is InChI=1S/C20H10BrIS/c21-13-6-5-11-9-18-16(8-12(11)7-13)20-15-4-2-1-3-14(15)17(22)10-19(20)23-18/h1-10H. The summed E-state index contributed by atoms with van der Waals surface area (Å²) in [5, 5.41) is 8.04. The van der Waals surface area contributed by atoms with Crippen molar-refractivity contribution in [2.24, 2.45) is 0 Å². The predicted octanol–water partition coefficient (Wildman–Crippen LogP) is 7.73. The van der Waals surface area contributed by atoms with Crippen LogP contribution in [0.25, 0.3) is 41.7 Å². The van der Waals surface area contributed by atoms with E-state index in [9.17, 15) is 0 Å². The number of thiophene rings is 1. The fourth-order valence-electron chi connectivity index (χ4n) is 3.31. The van der Waals surface area contributed by atoms with Crippen molar-refractivity contribution in [3.8, 4) is 0 Å². The van der Waals surface area contributed by atoms with E-state index < -0.39 is 0 Å². The van der Waals surface area contributed by atoms with Gasteiger partial charge < -0.3 is 0 Å². The van der Waals surface area contributed by atoms with Crippen LogP contribution in [0, 0.1) is 3.57 Å². The van der Waals surface area contributed by atoms with E-state index in [1.807, 2.05) is 11.3 Å². The van der Waals surface area contributed by atoms with Gasteiger partial charge in [0.2, 0.25) is 0 Å². The van der Waals surface area contributed by atoms with Crippen LogP contribution in [0.15, 0.2) is 65.1 Å². The van der Waals surface area contributed by atoms with Crippen molar-refractivity contribution < 1.29 is 0 Å². The lowest BCUT2D eigenvalue weighted by atomic mass is 10.0. The van der Waals surface area contributed by atoms with Crippen molar-refractivity contribution in [1.29, 1.82) is 0 Å². The summed E-state index contributed by atoms with van der Waals surface area (Å²) in [5.74, 6) is 0. The molecule has 0 spiro atoms. The second-order valence-corrected chi connectivity index (χ2v) is 8.88. The van der Waals surface area contributed by atoms with Gasteiger partial charge in [0.15, 0.2) is 0 Å². The summed E-state index contributed by atoms with van der Waals surface area (Å²) in [6.07, 6.45) is 0. The van der Waals surface area contributed by atoms with E-state index in [4.69, 9.17) is 0 Å². The zero-order valence-corrected chi connectivity index (χ0v) is 16.5. The number of halogens is 2. The minimum atomic E-state index is 1.13. The summed E-state index contributed by atoms with van der Waals surface area (Å²) in [5.41, 5.74) is 0.